The van der Waals surface area contributed by atoms with Crippen LogP contribution in [0.1, 0.15) is 57.9 Å². The summed E-state index contributed by atoms with van der Waals surface area (Å²) in [7, 11) is 0. The third kappa shape index (κ3) is 5.12. The molecule has 0 aromatic heterocycles. The van der Waals surface area contributed by atoms with Crippen molar-refractivity contribution in [3.8, 4) is 0 Å². The first-order valence-electron chi connectivity index (χ1n) is 10.8. The third-order valence-electron chi connectivity index (χ3n) is 6.25. The quantitative estimate of drug-likeness (QED) is 0.738. The minimum atomic E-state index is -0.227. The maximum atomic E-state index is 13.3. The second kappa shape index (κ2) is 9.53. The number of benzene rings is 1. The number of amides is 2. The Hall–Kier alpha value is -1.91. The van der Waals surface area contributed by atoms with Crippen LogP contribution in [0.3, 0.4) is 0 Å². The predicted octanol–water partition coefficient (Wildman–Crippen LogP) is 4.03. The molecule has 0 bridgehead atoms. The lowest BCUT2D eigenvalue weighted by atomic mass is 9.93. The van der Waals surface area contributed by atoms with Crippen molar-refractivity contribution in [3.63, 3.8) is 0 Å². The van der Waals surface area contributed by atoms with Crippen molar-refractivity contribution < 1.29 is 14.0 Å². The Kier molecular flexibility index (Phi) is 7.08. The lowest BCUT2D eigenvalue weighted by Gasteiger charge is -2.37. The minimum Gasteiger partial charge on any atom is -0.342 e. The fraction of sp³-hybridized carbons (Fsp3) is 0.652. The van der Waals surface area contributed by atoms with E-state index in [0.29, 0.717) is 25.7 Å². The van der Waals surface area contributed by atoms with Crippen molar-refractivity contribution in [1.82, 2.24) is 9.80 Å². The van der Waals surface area contributed by atoms with Crippen molar-refractivity contribution in [2.45, 2.75) is 64.8 Å². The molecule has 2 aliphatic rings. The highest BCUT2D eigenvalue weighted by Crippen LogP contribution is 2.28. The van der Waals surface area contributed by atoms with Crippen LogP contribution in [0, 0.1) is 17.7 Å². The molecule has 5 heteroatoms. The van der Waals surface area contributed by atoms with E-state index in [9.17, 15) is 14.0 Å². The molecule has 1 aromatic carbocycles. The Labute approximate surface area is 168 Å². The Bertz CT molecular complexity index is 660. The monoisotopic (exact) mass is 388 g/mol. The number of nitrogens with zero attached hydrogens (tertiary/aromatic N) is 2. The zero-order valence-electron chi connectivity index (χ0n) is 17.2. The van der Waals surface area contributed by atoms with E-state index in [2.05, 4.69) is 4.90 Å². The van der Waals surface area contributed by atoms with Gasteiger partial charge >= 0.3 is 0 Å². The average molecular weight is 389 g/mol. The second-order valence-corrected chi connectivity index (χ2v) is 8.60. The SMILES string of the molecule is CC(C)C(=O)N1CCC(C(=O)N(CCc2ccc(F)cc2)C2CCCC2)CC1. The maximum absolute atomic E-state index is 13.3. The van der Waals surface area contributed by atoms with Crippen molar-refractivity contribution in [3.05, 3.63) is 35.6 Å². The lowest BCUT2D eigenvalue weighted by molar-refractivity contribution is -0.143. The van der Waals surface area contributed by atoms with E-state index >= 15 is 0 Å². The molecule has 1 aromatic rings. The summed E-state index contributed by atoms with van der Waals surface area (Å²) < 4.78 is 13.1. The van der Waals surface area contributed by atoms with E-state index in [1.165, 1.54) is 25.0 Å². The van der Waals surface area contributed by atoms with Gasteiger partial charge in [0.2, 0.25) is 11.8 Å². The molecule has 0 N–H and O–H groups in total. The number of hydrogen-bond acceptors (Lipinski definition) is 2. The van der Waals surface area contributed by atoms with Crippen LogP contribution in [0.15, 0.2) is 24.3 Å². The van der Waals surface area contributed by atoms with E-state index in [1.54, 1.807) is 0 Å². The zero-order valence-corrected chi connectivity index (χ0v) is 17.2. The number of piperidine rings is 1. The Morgan fingerprint density at radius 1 is 1.07 bits per heavy atom. The van der Waals surface area contributed by atoms with Gasteiger partial charge in [0.15, 0.2) is 0 Å². The summed E-state index contributed by atoms with van der Waals surface area (Å²) in [4.78, 5) is 29.5. The van der Waals surface area contributed by atoms with Gasteiger partial charge in [0, 0.05) is 37.5 Å². The van der Waals surface area contributed by atoms with Gasteiger partial charge in [-0.15, -0.1) is 0 Å². The topological polar surface area (TPSA) is 40.6 Å². The van der Waals surface area contributed by atoms with E-state index in [-0.39, 0.29) is 29.5 Å². The van der Waals surface area contributed by atoms with Crippen LogP contribution in [-0.4, -0.2) is 47.3 Å². The molecule has 2 amide bonds. The van der Waals surface area contributed by atoms with E-state index < -0.39 is 0 Å². The zero-order chi connectivity index (χ0) is 20.1. The number of carbonyl (C=O) groups excluding carboxylic acids is 2. The molecule has 3 rings (SSSR count). The highest BCUT2D eigenvalue weighted by atomic mass is 19.1. The number of carbonyl (C=O) groups is 2. The molecule has 0 radical (unpaired) electrons. The summed E-state index contributed by atoms with van der Waals surface area (Å²) in [6, 6.07) is 6.92. The lowest BCUT2D eigenvalue weighted by Crippen LogP contribution is -2.48. The molecule has 1 aliphatic heterocycles. The molecule has 2 fully saturated rings. The molecule has 0 spiro atoms. The molecular formula is C23H33FN2O2. The van der Waals surface area contributed by atoms with Crippen LogP contribution in [0.2, 0.25) is 0 Å². The van der Waals surface area contributed by atoms with Gasteiger partial charge < -0.3 is 9.80 Å². The van der Waals surface area contributed by atoms with Gasteiger partial charge in [0.25, 0.3) is 0 Å². The maximum Gasteiger partial charge on any atom is 0.226 e. The van der Waals surface area contributed by atoms with Gasteiger partial charge in [-0.25, -0.2) is 4.39 Å². The number of hydrogen-bond donors (Lipinski definition) is 0. The summed E-state index contributed by atoms with van der Waals surface area (Å²) in [6.45, 7) is 5.92. The summed E-state index contributed by atoms with van der Waals surface area (Å²) in [5, 5.41) is 0. The fourth-order valence-electron chi connectivity index (χ4n) is 4.54. The molecule has 28 heavy (non-hydrogen) atoms. The van der Waals surface area contributed by atoms with Crippen LogP contribution in [0.5, 0.6) is 0 Å². The fourth-order valence-corrected chi connectivity index (χ4v) is 4.54. The molecule has 1 heterocycles. The molecular weight excluding hydrogens is 355 g/mol. The highest BCUT2D eigenvalue weighted by Gasteiger charge is 2.34. The highest BCUT2D eigenvalue weighted by molar-refractivity contribution is 5.81. The van der Waals surface area contributed by atoms with E-state index in [4.69, 9.17) is 0 Å². The van der Waals surface area contributed by atoms with Gasteiger partial charge in [-0.1, -0.05) is 38.8 Å². The van der Waals surface area contributed by atoms with E-state index in [0.717, 1.165) is 37.7 Å². The molecule has 1 aliphatic carbocycles. The normalized spacial score (nSPS) is 18.6. The van der Waals surface area contributed by atoms with Crippen molar-refractivity contribution >= 4 is 11.8 Å². The summed E-state index contributed by atoms with van der Waals surface area (Å²) in [6.07, 6.45) is 6.82. The van der Waals surface area contributed by atoms with Crippen LogP contribution < -0.4 is 0 Å². The van der Waals surface area contributed by atoms with Gasteiger partial charge in [-0.3, -0.25) is 9.59 Å². The molecule has 0 unspecified atom stereocenters. The summed E-state index contributed by atoms with van der Waals surface area (Å²) >= 11 is 0. The number of likely N-dealkylation sites (tertiary alicyclic amines) is 1. The van der Waals surface area contributed by atoms with Crippen molar-refractivity contribution in [2.75, 3.05) is 19.6 Å². The Morgan fingerprint density at radius 3 is 2.25 bits per heavy atom. The van der Waals surface area contributed by atoms with Crippen molar-refractivity contribution in [1.29, 1.82) is 0 Å². The van der Waals surface area contributed by atoms with Crippen molar-refractivity contribution in [2.24, 2.45) is 11.8 Å². The van der Waals surface area contributed by atoms with Crippen LogP contribution in [0.4, 0.5) is 4.39 Å². The van der Waals surface area contributed by atoms with Crippen LogP contribution in [-0.2, 0) is 16.0 Å². The number of rotatable bonds is 6. The van der Waals surface area contributed by atoms with E-state index in [1.807, 2.05) is 30.9 Å². The van der Waals surface area contributed by atoms with Gasteiger partial charge in [-0.2, -0.15) is 0 Å². The first-order chi connectivity index (χ1) is 13.5. The second-order valence-electron chi connectivity index (χ2n) is 8.60. The molecule has 154 valence electrons. The molecule has 0 atom stereocenters. The third-order valence-corrected chi connectivity index (χ3v) is 6.25. The summed E-state index contributed by atoms with van der Waals surface area (Å²) in [5.41, 5.74) is 1.06. The predicted molar refractivity (Wildman–Crippen MR) is 108 cm³/mol. The van der Waals surface area contributed by atoms with Gasteiger partial charge in [0.1, 0.15) is 5.82 Å². The minimum absolute atomic E-state index is 0.0120. The number of halogens is 1. The molecule has 4 nitrogen and oxygen atoms in total. The largest absolute Gasteiger partial charge is 0.342 e. The Morgan fingerprint density at radius 2 is 1.68 bits per heavy atom. The molecule has 1 saturated heterocycles. The van der Waals surface area contributed by atoms with Gasteiger partial charge in [-0.05, 0) is 49.8 Å². The molecule has 1 saturated carbocycles. The van der Waals surface area contributed by atoms with Crippen LogP contribution in [0.25, 0.3) is 0 Å². The van der Waals surface area contributed by atoms with Gasteiger partial charge in [0.05, 0.1) is 0 Å². The first-order valence-corrected chi connectivity index (χ1v) is 10.8. The smallest absolute Gasteiger partial charge is 0.226 e. The summed E-state index contributed by atoms with van der Waals surface area (Å²) in [5.74, 6) is 0.249. The average Bonchev–Trinajstić information content (AvgIpc) is 3.23. The van der Waals surface area contributed by atoms with Crippen LogP contribution >= 0.6 is 0 Å². The first kappa shape index (κ1) is 20.8. The Balaban J connectivity index is 1.61. The standard InChI is InChI=1S/C23H33FN2O2/c1-17(2)22(27)25-14-12-19(13-15-25)23(28)26(21-5-3-4-6-21)16-11-18-7-9-20(24)10-8-18/h7-10,17,19,21H,3-6,11-16H2,1-2H3.